The van der Waals surface area contributed by atoms with Gasteiger partial charge in [-0.1, -0.05) is 11.6 Å². The molecule has 0 saturated heterocycles. The first kappa shape index (κ1) is 17.4. The van der Waals surface area contributed by atoms with E-state index in [-0.39, 0.29) is 11.5 Å². The van der Waals surface area contributed by atoms with Gasteiger partial charge >= 0.3 is 6.18 Å². The average molecular weight is 352 g/mol. The third kappa shape index (κ3) is 5.07. The van der Waals surface area contributed by atoms with E-state index in [0.29, 0.717) is 10.7 Å². The molecule has 1 N–H and O–H groups in total. The van der Waals surface area contributed by atoms with Crippen molar-refractivity contribution in [3.05, 3.63) is 59.1 Å². The fourth-order valence-electron chi connectivity index (χ4n) is 1.53. The summed E-state index contributed by atoms with van der Waals surface area (Å²) in [5.74, 6) is -0.287. The van der Waals surface area contributed by atoms with Crippen LogP contribution in [0.4, 0.5) is 24.5 Å². The topological polar surface area (TPSA) is 72.9 Å². The molecule has 2 aromatic carbocycles. The number of anilines is 1. The fourth-order valence-corrected chi connectivity index (χ4v) is 1.66. The third-order valence-corrected chi connectivity index (χ3v) is 2.94. The molecule has 2 rings (SSSR count). The van der Waals surface area contributed by atoms with Gasteiger partial charge in [0, 0.05) is 5.02 Å². The maximum Gasteiger partial charge on any atom is 0.416 e. The Bertz CT molecular complexity index is 790. The number of nitrogens with zero attached hydrogens (tertiary/aromatic N) is 4. The van der Waals surface area contributed by atoms with Crippen LogP contribution in [-0.2, 0) is 6.18 Å². The quantitative estimate of drug-likeness (QED) is 0.348. The first-order valence-corrected chi connectivity index (χ1v) is 6.84. The average Bonchev–Trinajstić information content (AvgIpc) is 2.56. The van der Waals surface area contributed by atoms with Crippen LogP contribution in [0.2, 0.25) is 5.02 Å². The molecule has 5 nitrogen and oxygen atoms in total. The zero-order valence-corrected chi connectivity index (χ0v) is 12.7. The van der Waals surface area contributed by atoms with Crippen molar-refractivity contribution in [3.8, 4) is 6.07 Å². The molecule has 0 aromatic heterocycles. The lowest BCUT2D eigenvalue weighted by atomic mass is 10.2. The summed E-state index contributed by atoms with van der Waals surface area (Å²) in [7, 11) is 0. The van der Waals surface area contributed by atoms with Crippen LogP contribution >= 0.6 is 11.6 Å². The molecular formula is C15H9ClF3N5. The molecule has 0 saturated carbocycles. The summed E-state index contributed by atoms with van der Waals surface area (Å²) in [5.41, 5.74) is 2.41. The molecule has 0 heterocycles. The summed E-state index contributed by atoms with van der Waals surface area (Å²) in [6.07, 6.45) is -4.41. The van der Waals surface area contributed by atoms with Crippen molar-refractivity contribution in [1.29, 1.82) is 5.26 Å². The molecule has 0 bridgehead atoms. The van der Waals surface area contributed by atoms with Gasteiger partial charge in [0.05, 0.1) is 16.9 Å². The smallest absolute Gasteiger partial charge is 0.276 e. The number of hydrogen-bond donors (Lipinski definition) is 1. The Hall–Kier alpha value is -2.92. The minimum absolute atomic E-state index is 0.275. The van der Waals surface area contributed by atoms with E-state index in [9.17, 15) is 13.2 Å². The van der Waals surface area contributed by atoms with Gasteiger partial charge in [-0.15, -0.1) is 15.3 Å². The highest BCUT2D eigenvalue weighted by Gasteiger charge is 2.29. The Morgan fingerprint density at radius 1 is 1.04 bits per heavy atom. The molecule has 0 aliphatic carbocycles. The van der Waals surface area contributed by atoms with Crippen LogP contribution in [-0.4, -0.2) is 5.84 Å². The van der Waals surface area contributed by atoms with Crippen molar-refractivity contribution in [2.45, 2.75) is 6.18 Å². The van der Waals surface area contributed by atoms with Gasteiger partial charge < -0.3 is 0 Å². The van der Waals surface area contributed by atoms with Gasteiger partial charge in [-0.05, 0) is 48.5 Å². The molecule has 122 valence electrons. The first-order valence-electron chi connectivity index (χ1n) is 6.47. The molecule has 0 atom stereocenters. The highest BCUT2D eigenvalue weighted by molar-refractivity contribution is 6.30. The summed E-state index contributed by atoms with van der Waals surface area (Å²) >= 11 is 5.73. The molecule has 0 unspecified atom stereocenters. The Morgan fingerprint density at radius 3 is 2.21 bits per heavy atom. The maximum atomic E-state index is 12.4. The highest BCUT2D eigenvalue weighted by atomic mass is 35.5. The highest BCUT2D eigenvalue weighted by Crippen LogP contribution is 2.29. The number of hydrazone groups is 1. The van der Waals surface area contributed by atoms with E-state index in [1.54, 1.807) is 30.3 Å². The van der Waals surface area contributed by atoms with Gasteiger partial charge in [0.15, 0.2) is 0 Å². The Labute approximate surface area is 140 Å². The lowest BCUT2D eigenvalue weighted by molar-refractivity contribution is -0.137. The number of nitriles is 1. The predicted octanol–water partition coefficient (Wildman–Crippen LogP) is 5.39. The van der Waals surface area contributed by atoms with Crippen LogP contribution in [0.15, 0.2) is 63.9 Å². The van der Waals surface area contributed by atoms with Gasteiger partial charge in [0.2, 0.25) is 0 Å². The first-order chi connectivity index (χ1) is 11.4. The van der Waals surface area contributed by atoms with E-state index >= 15 is 0 Å². The van der Waals surface area contributed by atoms with Crippen molar-refractivity contribution in [2.24, 2.45) is 15.3 Å². The molecule has 0 aliphatic rings. The second-order valence-corrected chi connectivity index (χ2v) is 4.85. The van der Waals surface area contributed by atoms with Crippen molar-refractivity contribution < 1.29 is 13.2 Å². The minimum atomic E-state index is -4.41. The van der Waals surface area contributed by atoms with Crippen LogP contribution in [0.1, 0.15) is 5.56 Å². The number of nitrogens with one attached hydrogen (secondary N) is 1. The van der Waals surface area contributed by atoms with Crippen LogP contribution in [0.3, 0.4) is 0 Å². The number of amidine groups is 1. The Morgan fingerprint density at radius 2 is 1.67 bits per heavy atom. The summed E-state index contributed by atoms with van der Waals surface area (Å²) < 4.78 is 37.3. The van der Waals surface area contributed by atoms with Crippen LogP contribution < -0.4 is 5.43 Å². The summed E-state index contributed by atoms with van der Waals surface area (Å²) in [5, 5.41) is 20.6. The number of rotatable bonds is 3. The molecular weight excluding hydrogens is 343 g/mol. The van der Waals surface area contributed by atoms with E-state index in [0.717, 1.165) is 12.1 Å². The predicted molar refractivity (Wildman–Crippen MR) is 84.1 cm³/mol. The molecule has 9 heteroatoms. The SMILES string of the molecule is N#CC(/N=N/c1ccc(Cl)cc1)=N\Nc1ccc(C(F)(F)F)cc1. The van der Waals surface area contributed by atoms with Gasteiger partial charge in [-0.2, -0.15) is 18.4 Å². The number of alkyl halides is 3. The lowest BCUT2D eigenvalue weighted by Crippen LogP contribution is -2.04. The fraction of sp³-hybridized carbons (Fsp3) is 0.0667. The molecule has 2 aromatic rings. The van der Waals surface area contributed by atoms with E-state index in [4.69, 9.17) is 16.9 Å². The lowest BCUT2D eigenvalue weighted by Gasteiger charge is -2.06. The minimum Gasteiger partial charge on any atom is -0.276 e. The number of halogens is 4. The summed E-state index contributed by atoms with van der Waals surface area (Å²) in [6, 6.07) is 12.3. The maximum absolute atomic E-state index is 12.4. The zero-order valence-electron chi connectivity index (χ0n) is 11.9. The van der Waals surface area contributed by atoms with Crippen LogP contribution in [0.5, 0.6) is 0 Å². The molecule has 24 heavy (non-hydrogen) atoms. The van der Waals surface area contributed by atoms with Crippen molar-refractivity contribution in [3.63, 3.8) is 0 Å². The molecule has 0 radical (unpaired) electrons. The summed E-state index contributed by atoms with van der Waals surface area (Å²) in [6.45, 7) is 0. The van der Waals surface area contributed by atoms with Crippen molar-refractivity contribution in [2.75, 3.05) is 5.43 Å². The Balaban J connectivity index is 2.05. The van der Waals surface area contributed by atoms with Crippen LogP contribution in [0, 0.1) is 11.3 Å². The van der Waals surface area contributed by atoms with Gasteiger partial charge in [0.25, 0.3) is 5.84 Å². The Kier molecular flexibility index (Phi) is 5.50. The third-order valence-electron chi connectivity index (χ3n) is 2.69. The van der Waals surface area contributed by atoms with Crippen molar-refractivity contribution in [1.82, 2.24) is 0 Å². The molecule has 0 amide bonds. The number of benzene rings is 2. The zero-order chi connectivity index (χ0) is 17.6. The number of hydrogen-bond acceptors (Lipinski definition) is 4. The molecule has 0 spiro atoms. The van der Waals surface area contributed by atoms with Gasteiger partial charge in [-0.3, -0.25) is 5.43 Å². The van der Waals surface area contributed by atoms with Crippen LogP contribution in [0.25, 0.3) is 0 Å². The second kappa shape index (κ2) is 7.57. The van der Waals surface area contributed by atoms with E-state index < -0.39 is 11.7 Å². The normalized spacial score (nSPS) is 12.2. The van der Waals surface area contributed by atoms with Gasteiger partial charge in [-0.25, -0.2) is 0 Å². The van der Waals surface area contributed by atoms with E-state index in [1.807, 2.05) is 0 Å². The standard InChI is InChI=1S/C15H9ClF3N5/c16-11-3-7-13(8-4-11)22-24-14(9-20)23-21-12-5-1-10(2-6-12)15(17,18)19/h1-8,21H/b23-14+,24-22+. The number of azo groups is 1. The van der Waals surface area contributed by atoms with E-state index in [1.165, 1.54) is 12.1 Å². The molecule has 0 aliphatic heterocycles. The largest absolute Gasteiger partial charge is 0.416 e. The van der Waals surface area contributed by atoms with E-state index in [2.05, 4.69) is 20.8 Å². The monoisotopic (exact) mass is 351 g/mol. The second-order valence-electron chi connectivity index (χ2n) is 4.41. The van der Waals surface area contributed by atoms with Gasteiger partial charge in [0.1, 0.15) is 6.07 Å². The summed E-state index contributed by atoms with van der Waals surface area (Å²) in [4.78, 5) is 0. The molecule has 0 fully saturated rings. The van der Waals surface area contributed by atoms with Crippen molar-refractivity contribution >= 4 is 28.8 Å².